The van der Waals surface area contributed by atoms with E-state index in [1.54, 1.807) is 12.1 Å². The zero-order chi connectivity index (χ0) is 16.1. The molecule has 7 nitrogen and oxygen atoms in total. The largest absolute Gasteiger partial charge is 0.378 e. The van der Waals surface area contributed by atoms with Gasteiger partial charge < -0.3 is 4.90 Å². The predicted octanol–water partition coefficient (Wildman–Crippen LogP) is 3.89. The van der Waals surface area contributed by atoms with Crippen LogP contribution in [0.25, 0.3) is 0 Å². The Labute approximate surface area is 127 Å². The van der Waals surface area contributed by atoms with Gasteiger partial charge in [-0.25, -0.2) is 0 Å². The molecule has 7 heteroatoms. The molecule has 0 aliphatic rings. The second kappa shape index (κ2) is 6.57. The molecule has 0 heterocycles. The van der Waals surface area contributed by atoms with E-state index in [2.05, 4.69) is 10.2 Å². The molecular formula is C15H14N4O3. The van der Waals surface area contributed by atoms with Crippen molar-refractivity contribution in [3.63, 3.8) is 0 Å². The number of azo groups is 1. The third-order valence-corrected chi connectivity index (χ3v) is 2.97. The molecule has 0 unspecified atom stereocenters. The van der Waals surface area contributed by atoms with Crippen molar-refractivity contribution in [1.82, 2.24) is 0 Å². The van der Waals surface area contributed by atoms with E-state index in [4.69, 9.17) is 0 Å². The van der Waals surface area contributed by atoms with Gasteiger partial charge in [0.05, 0.1) is 10.6 Å². The van der Waals surface area contributed by atoms with Gasteiger partial charge in [-0.2, -0.15) is 5.11 Å². The molecule has 0 amide bonds. The van der Waals surface area contributed by atoms with E-state index in [1.807, 2.05) is 31.1 Å². The Morgan fingerprint density at radius 3 is 2.32 bits per heavy atom. The molecule has 0 fully saturated rings. The van der Waals surface area contributed by atoms with Gasteiger partial charge in [-0.05, 0) is 36.4 Å². The Balaban J connectivity index is 2.29. The van der Waals surface area contributed by atoms with Crippen molar-refractivity contribution in [3.8, 4) is 0 Å². The van der Waals surface area contributed by atoms with Gasteiger partial charge in [0.2, 0.25) is 0 Å². The number of benzene rings is 2. The Morgan fingerprint density at radius 1 is 1.09 bits per heavy atom. The first-order valence-corrected chi connectivity index (χ1v) is 6.44. The molecule has 0 aliphatic carbocycles. The molecule has 112 valence electrons. The van der Waals surface area contributed by atoms with Crippen LogP contribution in [-0.2, 0) is 0 Å². The Bertz CT molecular complexity index is 724. The lowest BCUT2D eigenvalue weighted by atomic mass is 10.2. The SMILES string of the molecule is CN(C)c1ccc(N=Nc2ccc(C=O)cc2[N+](=O)[O-])cc1. The van der Waals surface area contributed by atoms with Crippen LogP contribution in [0.5, 0.6) is 0 Å². The number of nitro benzene ring substituents is 1. The van der Waals surface area contributed by atoms with Gasteiger partial charge in [0.15, 0.2) is 5.69 Å². The number of nitro groups is 1. The quantitative estimate of drug-likeness (QED) is 0.362. The maximum atomic E-state index is 11.0. The Morgan fingerprint density at radius 2 is 1.77 bits per heavy atom. The van der Waals surface area contributed by atoms with Crippen molar-refractivity contribution < 1.29 is 9.72 Å². The average molecular weight is 298 g/mol. The van der Waals surface area contributed by atoms with Crippen LogP contribution in [0.3, 0.4) is 0 Å². The number of nitrogens with zero attached hydrogens (tertiary/aromatic N) is 4. The molecule has 0 atom stereocenters. The molecule has 0 bridgehead atoms. The summed E-state index contributed by atoms with van der Waals surface area (Å²) in [6.45, 7) is 0. The molecule has 22 heavy (non-hydrogen) atoms. The van der Waals surface area contributed by atoms with E-state index in [9.17, 15) is 14.9 Å². The van der Waals surface area contributed by atoms with Crippen LogP contribution >= 0.6 is 0 Å². The fourth-order valence-corrected chi connectivity index (χ4v) is 1.77. The third-order valence-electron chi connectivity index (χ3n) is 2.97. The normalized spacial score (nSPS) is 10.6. The molecule has 0 aliphatic heterocycles. The molecule has 0 radical (unpaired) electrons. The van der Waals surface area contributed by atoms with Gasteiger partial charge >= 0.3 is 0 Å². The van der Waals surface area contributed by atoms with E-state index in [1.165, 1.54) is 18.2 Å². The van der Waals surface area contributed by atoms with Crippen molar-refractivity contribution in [2.75, 3.05) is 19.0 Å². The van der Waals surface area contributed by atoms with Crippen LogP contribution in [0.4, 0.5) is 22.7 Å². The van der Waals surface area contributed by atoms with Crippen molar-refractivity contribution in [3.05, 3.63) is 58.1 Å². The first-order chi connectivity index (χ1) is 10.5. The molecule has 0 N–H and O–H groups in total. The Kier molecular flexibility index (Phi) is 4.57. The summed E-state index contributed by atoms with van der Waals surface area (Å²) in [7, 11) is 3.85. The number of hydrogen-bond acceptors (Lipinski definition) is 6. The third kappa shape index (κ3) is 3.51. The molecule has 0 spiro atoms. The first kappa shape index (κ1) is 15.3. The fourth-order valence-electron chi connectivity index (χ4n) is 1.77. The summed E-state index contributed by atoms with van der Waals surface area (Å²) in [6, 6.07) is 11.3. The highest BCUT2D eigenvalue weighted by Crippen LogP contribution is 2.30. The molecule has 0 aromatic heterocycles. The lowest BCUT2D eigenvalue weighted by Crippen LogP contribution is -2.07. The van der Waals surface area contributed by atoms with Crippen LogP contribution < -0.4 is 4.90 Å². The van der Waals surface area contributed by atoms with E-state index >= 15 is 0 Å². The number of aldehydes is 1. The van der Waals surface area contributed by atoms with Gasteiger partial charge in [-0.1, -0.05) is 0 Å². The zero-order valence-corrected chi connectivity index (χ0v) is 12.1. The predicted molar refractivity (Wildman–Crippen MR) is 83.4 cm³/mol. The minimum absolute atomic E-state index is 0.104. The van der Waals surface area contributed by atoms with Crippen LogP contribution in [0.1, 0.15) is 10.4 Å². The minimum atomic E-state index is -0.587. The average Bonchev–Trinajstić information content (AvgIpc) is 2.53. The summed E-state index contributed by atoms with van der Waals surface area (Å²) in [5.41, 5.74) is 1.67. The highest BCUT2D eigenvalue weighted by atomic mass is 16.6. The number of hydrogen-bond donors (Lipinski definition) is 0. The van der Waals surface area contributed by atoms with Gasteiger partial charge in [0.25, 0.3) is 5.69 Å². The summed E-state index contributed by atoms with van der Waals surface area (Å²) in [5.74, 6) is 0. The molecular weight excluding hydrogens is 284 g/mol. The summed E-state index contributed by atoms with van der Waals surface area (Å²) in [6.07, 6.45) is 0.549. The molecule has 0 saturated carbocycles. The van der Waals surface area contributed by atoms with Crippen LogP contribution in [0.2, 0.25) is 0 Å². The van der Waals surface area contributed by atoms with Gasteiger partial charge in [0, 0.05) is 31.4 Å². The standard InChI is InChI=1S/C15H14N4O3/c1-18(2)13-6-4-12(5-7-13)16-17-14-8-3-11(10-20)9-15(14)19(21)22/h3-10H,1-2H3. The lowest BCUT2D eigenvalue weighted by molar-refractivity contribution is -0.384. The lowest BCUT2D eigenvalue weighted by Gasteiger charge is -2.11. The van der Waals surface area contributed by atoms with Crippen molar-refractivity contribution in [2.24, 2.45) is 10.2 Å². The topological polar surface area (TPSA) is 88.2 Å². The highest BCUT2D eigenvalue weighted by Gasteiger charge is 2.14. The van der Waals surface area contributed by atoms with Crippen LogP contribution in [0, 0.1) is 10.1 Å². The fraction of sp³-hybridized carbons (Fsp3) is 0.133. The van der Waals surface area contributed by atoms with E-state index in [0.717, 1.165) is 5.69 Å². The molecule has 2 rings (SSSR count). The number of carbonyl (C=O) groups excluding carboxylic acids is 1. The van der Waals surface area contributed by atoms with Crippen molar-refractivity contribution >= 4 is 29.0 Å². The van der Waals surface area contributed by atoms with Gasteiger partial charge in [-0.15, -0.1) is 5.11 Å². The van der Waals surface area contributed by atoms with Crippen molar-refractivity contribution in [2.45, 2.75) is 0 Å². The number of anilines is 1. The minimum Gasteiger partial charge on any atom is -0.378 e. The number of carbonyl (C=O) groups is 1. The molecule has 2 aromatic rings. The zero-order valence-electron chi connectivity index (χ0n) is 12.1. The van der Waals surface area contributed by atoms with E-state index < -0.39 is 4.92 Å². The van der Waals surface area contributed by atoms with E-state index in [-0.39, 0.29) is 16.9 Å². The Hall–Kier alpha value is -3.09. The maximum Gasteiger partial charge on any atom is 0.297 e. The second-order valence-corrected chi connectivity index (χ2v) is 4.73. The number of rotatable bonds is 5. The van der Waals surface area contributed by atoms with E-state index in [0.29, 0.717) is 12.0 Å². The molecule has 0 saturated heterocycles. The monoisotopic (exact) mass is 298 g/mol. The summed E-state index contributed by atoms with van der Waals surface area (Å²) in [4.78, 5) is 23.0. The summed E-state index contributed by atoms with van der Waals surface area (Å²) >= 11 is 0. The van der Waals surface area contributed by atoms with Crippen LogP contribution in [-0.4, -0.2) is 25.3 Å². The van der Waals surface area contributed by atoms with Gasteiger partial charge in [0.1, 0.15) is 6.29 Å². The maximum absolute atomic E-state index is 11.0. The first-order valence-electron chi connectivity index (χ1n) is 6.44. The van der Waals surface area contributed by atoms with Gasteiger partial charge in [-0.3, -0.25) is 14.9 Å². The smallest absolute Gasteiger partial charge is 0.297 e. The van der Waals surface area contributed by atoms with Crippen molar-refractivity contribution in [1.29, 1.82) is 0 Å². The summed E-state index contributed by atoms with van der Waals surface area (Å²) < 4.78 is 0. The summed E-state index contributed by atoms with van der Waals surface area (Å²) in [5, 5.41) is 18.9. The molecule has 2 aromatic carbocycles. The van der Waals surface area contributed by atoms with Crippen LogP contribution in [0.15, 0.2) is 52.7 Å². The second-order valence-electron chi connectivity index (χ2n) is 4.73. The highest BCUT2D eigenvalue weighted by molar-refractivity contribution is 5.78.